The molecule has 0 aliphatic heterocycles. The molecule has 1 N–H and O–H groups in total. The van der Waals surface area contributed by atoms with Gasteiger partial charge in [-0.2, -0.15) is 0 Å². The Morgan fingerprint density at radius 3 is 2.47 bits per heavy atom. The summed E-state index contributed by atoms with van der Waals surface area (Å²) in [6, 6.07) is 7.47. The van der Waals surface area contributed by atoms with Crippen LogP contribution in [0, 0.1) is 5.82 Å². The molecule has 0 bridgehead atoms. The van der Waals surface area contributed by atoms with E-state index in [1.807, 2.05) is 12.1 Å². The Balaban J connectivity index is 2.70. The lowest BCUT2D eigenvalue weighted by Crippen LogP contribution is -2.41. The summed E-state index contributed by atoms with van der Waals surface area (Å²) in [4.78, 5) is 2.12. The van der Waals surface area contributed by atoms with Crippen molar-refractivity contribution in [3.8, 4) is 0 Å². The van der Waals surface area contributed by atoms with Gasteiger partial charge in [0.2, 0.25) is 0 Å². The molecule has 1 atom stereocenters. The molecule has 3 heteroatoms. The zero-order valence-electron chi connectivity index (χ0n) is 12.5. The van der Waals surface area contributed by atoms with Gasteiger partial charge in [-0.25, -0.2) is 4.39 Å². The van der Waals surface area contributed by atoms with E-state index in [9.17, 15) is 4.39 Å². The highest BCUT2D eigenvalue weighted by molar-refractivity contribution is 5.47. The van der Waals surface area contributed by atoms with Crippen LogP contribution in [-0.2, 0) is 0 Å². The first-order chi connectivity index (χ1) is 9.22. The van der Waals surface area contributed by atoms with Crippen molar-refractivity contribution in [1.82, 2.24) is 5.32 Å². The Bertz CT molecular complexity index is 354. The Kier molecular flexibility index (Phi) is 7.49. The number of hydrogen-bond acceptors (Lipinski definition) is 2. The largest absolute Gasteiger partial charge is 0.368 e. The highest BCUT2D eigenvalue weighted by Gasteiger charge is 2.14. The number of benzene rings is 1. The maximum atomic E-state index is 13.9. The van der Waals surface area contributed by atoms with Crippen molar-refractivity contribution in [1.29, 1.82) is 0 Å². The van der Waals surface area contributed by atoms with Gasteiger partial charge in [0.05, 0.1) is 5.69 Å². The molecule has 0 aliphatic rings. The lowest BCUT2D eigenvalue weighted by atomic mass is 10.1. The number of rotatable bonds is 9. The number of anilines is 1. The first kappa shape index (κ1) is 16.0. The fraction of sp³-hybridized carbons (Fsp3) is 0.625. The van der Waals surface area contributed by atoms with Crippen LogP contribution in [0.3, 0.4) is 0 Å². The summed E-state index contributed by atoms with van der Waals surface area (Å²) in [5.41, 5.74) is 0.712. The van der Waals surface area contributed by atoms with Gasteiger partial charge in [0.25, 0.3) is 0 Å². The highest BCUT2D eigenvalue weighted by Crippen LogP contribution is 2.19. The van der Waals surface area contributed by atoms with E-state index in [2.05, 4.69) is 31.0 Å². The minimum Gasteiger partial charge on any atom is -0.368 e. The predicted octanol–water partition coefficient (Wildman–Crippen LogP) is 3.82. The van der Waals surface area contributed by atoms with Gasteiger partial charge in [0, 0.05) is 19.1 Å². The van der Waals surface area contributed by atoms with Crippen molar-refractivity contribution in [3.05, 3.63) is 30.1 Å². The molecular formula is C16H27FN2. The fourth-order valence-corrected chi connectivity index (χ4v) is 2.33. The molecule has 0 spiro atoms. The minimum atomic E-state index is -0.130. The van der Waals surface area contributed by atoms with Gasteiger partial charge >= 0.3 is 0 Å². The van der Waals surface area contributed by atoms with Crippen molar-refractivity contribution in [2.24, 2.45) is 0 Å². The molecule has 1 aromatic carbocycles. The van der Waals surface area contributed by atoms with E-state index in [1.54, 1.807) is 6.07 Å². The number of likely N-dealkylation sites (N-methyl/N-ethyl adjacent to an activating group) is 1. The molecule has 19 heavy (non-hydrogen) atoms. The van der Waals surface area contributed by atoms with Crippen LogP contribution in [0.1, 0.15) is 40.0 Å². The first-order valence-electron chi connectivity index (χ1n) is 7.45. The van der Waals surface area contributed by atoms with Crippen LogP contribution < -0.4 is 10.2 Å². The average molecular weight is 266 g/mol. The zero-order valence-corrected chi connectivity index (χ0v) is 12.5. The Labute approximate surface area is 117 Å². The first-order valence-corrected chi connectivity index (χ1v) is 7.45. The highest BCUT2D eigenvalue weighted by atomic mass is 19.1. The summed E-state index contributed by atoms with van der Waals surface area (Å²) in [5, 5.41) is 3.56. The lowest BCUT2D eigenvalue weighted by molar-refractivity contribution is 0.468. The number of hydrogen-bond donors (Lipinski definition) is 1. The number of nitrogens with zero attached hydrogens (tertiary/aromatic N) is 1. The molecule has 0 saturated carbocycles. The third kappa shape index (κ3) is 5.19. The van der Waals surface area contributed by atoms with Crippen molar-refractivity contribution >= 4 is 5.69 Å². The molecule has 0 amide bonds. The standard InChI is InChI=1S/C16H27FN2/c1-4-9-14(18-12-5-2)13-19(6-3)16-11-8-7-10-15(16)17/h7-8,10-11,14,18H,4-6,9,12-13H2,1-3H3. The molecule has 108 valence electrons. The van der Waals surface area contributed by atoms with E-state index in [4.69, 9.17) is 0 Å². The van der Waals surface area contributed by atoms with Gasteiger partial charge in [0.15, 0.2) is 0 Å². The van der Waals surface area contributed by atoms with Gasteiger partial charge in [-0.3, -0.25) is 0 Å². The number of nitrogens with one attached hydrogen (secondary N) is 1. The zero-order chi connectivity index (χ0) is 14.1. The number of halogens is 1. The summed E-state index contributed by atoms with van der Waals surface area (Å²) < 4.78 is 13.9. The minimum absolute atomic E-state index is 0.130. The van der Waals surface area contributed by atoms with Crippen LogP contribution in [0.2, 0.25) is 0 Å². The van der Waals surface area contributed by atoms with Crippen molar-refractivity contribution in [2.45, 2.75) is 46.1 Å². The van der Waals surface area contributed by atoms with Gasteiger partial charge in [-0.05, 0) is 38.4 Å². The molecular weight excluding hydrogens is 239 g/mol. The van der Waals surface area contributed by atoms with E-state index in [-0.39, 0.29) is 5.82 Å². The Morgan fingerprint density at radius 2 is 1.89 bits per heavy atom. The van der Waals surface area contributed by atoms with Crippen molar-refractivity contribution < 1.29 is 4.39 Å². The maximum absolute atomic E-state index is 13.9. The third-order valence-corrected chi connectivity index (χ3v) is 3.34. The van der Waals surface area contributed by atoms with Crippen LogP contribution in [0.5, 0.6) is 0 Å². The summed E-state index contributed by atoms with van der Waals surface area (Å²) in [5.74, 6) is -0.130. The van der Waals surface area contributed by atoms with E-state index < -0.39 is 0 Å². The predicted molar refractivity (Wildman–Crippen MR) is 81.3 cm³/mol. The molecule has 1 aromatic rings. The van der Waals surface area contributed by atoms with Crippen molar-refractivity contribution in [3.63, 3.8) is 0 Å². The normalized spacial score (nSPS) is 12.4. The van der Waals surface area contributed by atoms with Gasteiger partial charge in [-0.15, -0.1) is 0 Å². The van der Waals surface area contributed by atoms with Crippen LogP contribution in [0.15, 0.2) is 24.3 Å². The quantitative estimate of drug-likeness (QED) is 0.731. The summed E-state index contributed by atoms with van der Waals surface area (Å²) in [7, 11) is 0. The topological polar surface area (TPSA) is 15.3 Å². The van der Waals surface area contributed by atoms with Crippen LogP contribution in [0.4, 0.5) is 10.1 Å². The average Bonchev–Trinajstić information content (AvgIpc) is 2.43. The second-order valence-corrected chi connectivity index (χ2v) is 4.93. The Morgan fingerprint density at radius 1 is 1.16 bits per heavy atom. The molecule has 0 fully saturated rings. The fourth-order valence-electron chi connectivity index (χ4n) is 2.33. The van der Waals surface area contributed by atoms with Crippen LogP contribution >= 0.6 is 0 Å². The van der Waals surface area contributed by atoms with E-state index in [0.29, 0.717) is 11.7 Å². The van der Waals surface area contributed by atoms with E-state index in [1.165, 1.54) is 6.07 Å². The third-order valence-electron chi connectivity index (χ3n) is 3.34. The second kappa shape index (κ2) is 8.92. The second-order valence-electron chi connectivity index (χ2n) is 4.93. The SMILES string of the molecule is CCCNC(CCC)CN(CC)c1ccccc1F. The summed E-state index contributed by atoms with van der Waals surface area (Å²) >= 11 is 0. The number of para-hydroxylation sites is 1. The molecule has 0 saturated heterocycles. The summed E-state index contributed by atoms with van der Waals surface area (Å²) in [6.07, 6.45) is 3.41. The smallest absolute Gasteiger partial charge is 0.146 e. The van der Waals surface area contributed by atoms with Gasteiger partial charge in [-0.1, -0.05) is 32.4 Å². The molecule has 0 heterocycles. The molecule has 1 unspecified atom stereocenters. The lowest BCUT2D eigenvalue weighted by Gasteiger charge is -2.29. The van der Waals surface area contributed by atoms with E-state index in [0.717, 1.165) is 38.9 Å². The van der Waals surface area contributed by atoms with E-state index >= 15 is 0 Å². The molecule has 1 rings (SSSR count). The van der Waals surface area contributed by atoms with Crippen LogP contribution in [0.25, 0.3) is 0 Å². The Hall–Kier alpha value is -1.09. The molecule has 0 aromatic heterocycles. The maximum Gasteiger partial charge on any atom is 0.146 e. The van der Waals surface area contributed by atoms with Gasteiger partial charge in [0.1, 0.15) is 5.82 Å². The monoisotopic (exact) mass is 266 g/mol. The molecule has 2 nitrogen and oxygen atoms in total. The van der Waals surface area contributed by atoms with Crippen molar-refractivity contribution in [2.75, 3.05) is 24.5 Å². The van der Waals surface area contributed by atoms with Gasteiger partial charge < -0.3 is 10.2 Å². The molecule has 0 aliphatic carbocycles. The summed E-state index contributed by atoms with van der Waals surface area (Å²) in [6.45, 7) is 9.17. The van der Waals surface area contributed by atoms with Crippen LogP contribution in [-0.4, -0.2) is 25.7 Å². The molecule has 0 radical (unpaired) electrons.